The SMILES string of the molecule is CC[C@@]1(C(=O)O)C[C@@H]2CC[C@H]1N2C(=O)Cc1ccc(OC)cc1. The molecule has 0 aliphatic carbocycles. The van der Waals surface area contributed by atoms with E-state index in [4.69, 9.17) is 4.74 Å². The molecule has 0 radical (unpaired) electrons. The van der Waals surface area contributed by atoms with Crippen LogP contribution >= 0.6 is 0 Å². The molecule has 2 bridgehead atoms. The van der Waals surface area contributed by atoms with E-state index >= 15 is 0 Å². The topological polar surface area (TPSA) is 66.8 Å². The Kier molecular flexibility index (Phi) is 4.04. The summed E-state index contributed by atoms with van der Waals surface area (Å²) >= 11 is 0. The zero-order chi connectivity index (χ0) is 16.6. The van der Waals surface area contributed by atoms with Crippen LogP contribution in [0, 0.1) is 5.41 Å². The number of hydrogen-bond donors (Lipinski definition) is 1. The summed E-state index contributed by atoms with van der Waals surface area (Å²) in [5.41, 5.74) is 0.179. The first-order valence-electron chi connectivity index (χ1n) is 8.19. The highest BCUT2D eigenvalue weighted by Crippen LogP contribution is 2.52. The maximum atomic E-state index is 12.8. The first kappa shape index (κ1) is 15.8. The van der Waals surface area contributed by atoms with Crippen LogP contribution < -0.4 is 4.74 Å². The average Bonchev–Trinajstić information content (AvgIpc) is 3.11. The van der Waals surface area contributed by atoms with Gasteiger partial charge in [0.1, 0.15) is 5.75 Å². The van der Waals surface area contributed by atoms with Crippen LogP contribution in [0.25, 0.3) is 0 Å². The molecule has 0 saturated carbocycles. The second-order valence-corrected chi connectivity index (χ2v) is 6.59. The molecule has 5 nitrogen and oxygen atoms in total. The number of hydrogen-bond acceptors (Lipinski definition) is 3. The predicted molar refractivity (Wildman–Crippen MR) is 85.3 cm³/mol. The lowest BCUT2D eigenvalue weighted by Crippen LogP contribution is -2.45. The monoisotopic (exact) mass is 317 g/mol. The van der Waals surface area contributed by atoms with Gasteiger partial charge in [0.15, 0.2) is 0 Å². The maximum Gasteiger partial charge on any atom is 0.311 e. The van der Waals surface area contributed by atoms with Crippen molar-refractivity contribution in [2.45, 2.75) is 51.1 Å². The average molecular weight is 317 g/mol. The molecule has 0 unspecified atom stereocenters. The highest BCUT2D eigenvalue weighted by Gasteiger charge is 2.60. The number of benzene rings is 1. The zero-order valence-electron chi connectivity index (χ0n) is 13.6. The van der Waals surface area contributed by atoms with Crippen molar-refractivity contribution in [1.29, 1.82) is 0 Å². The summed E-state index contributed by atoms with van der Waals surface area (Å²) in [5.74, 6) is 0.0482. The van der Waals surface area contributed by atoms with Crippen LogP contribution in [-0.2, 0) is 16.0 Å². The van der Waals surface area contributed by atoms with Crippen LogP contribution in [-0.4, -0.2) is 41.1 Å². The van der Waals surface area contributed by atoms with Gasteiger partial charge >= 0.3 is 5.97 Å². The minimum absolute atomic E-state index is 0.0410. The van der Waals surface area contributed by atoms with Crippen molar-refractivity contribution in [3.8, 4) is 5.75 Å². The van der Waals surface area contributed by atoms with E-state index in [1.54, 1.807) is 7.11 Å². The van der Waals surface area contributed by atoms with Gasteiger partial charge in [-0.1, -0.05) is 19.1 Å². The van der Waals surface area contributed by atoms with Crippen LogP contribution in [0.3, 0.4) is 0 Å². The number of ether oxygens (including phenoxy) is 1. The Morgan fingerprint density at radius 2 is 2.00 bits per heavy atom. The number of carboxylic acid groups (broad SMARTS) is 1. The summed E-state index contributed by atoms with van der Waals surface area (Å²) in [4.78, 5) is 26.4. The number of fused-ring (bicyclic) bond motifs is 2. The fourth-order valence-corrected chi connectivity index (χ4v) is 4.33. The van der Waals surface area contributed by atoms with Crippen LogP contribution in [0.4, 0.5) is 0 Å². The maximum absolute atomic E-state index is 12.8. The summed E-state index contributed by atoms with van der Waals surface area (Å²) < 4.78 is 5.13. The highest BCUT2D eigenvalue weighted by atomic mass is 16.5. The summed E-state index contributed by atoms with van der Waals surface area (Å²) in [6, 6.07) is 7.39. The largest absolute Gasteiger partial charge is 0.497 e. The van der Waals surface area contributed by atoms with Crippen molar-refractivity contribution in [1.82, 2.24) is 4.90 Å². The molecule has 2 aliphatic heterocycles. The summed E-state index contributed by atoms with van der Waals surface area (Å²) in [6.07, 6.45) is 3.22. The van der Waals surface area contributed by atoms with Gasteiger partial charge in [0.05, 0.1) is 18.9 Å². The number of carbonyl (C=O) groups excluding carboxylic acids is 1. The predicted octanol–water partition coefficient (Wildman–Crippen LogP) is 2.48. The van der Waals surface area contributed by atoms with Crippen molar-refractivity contribution in [3.05, 3.63) is 29.8 Å². The lowest BCUT2D eigenvalue weighted by atomic mass is 9.72. The lowest BCUT2D eigenvalue weighted by molar-refractivity contribution is -0.151. The van der Waals surface area contributed by atoms with Gasteiger partial charge in [-0.05, 0) is 43.4 Å². The molecular formula is C18H23NO4. The van der Waals surface area contributed by atoms with Crippen LogP contribution in [0.15, 0.2) is 24.3 Å². The minimum atomic E-state index is -0.755. The van der Waals surface area contributed by atoms with Crippen LogP contribution in [0.5, 0.6) is 5.75 Å². The van der Waals surface area contributed by atoms with E-state index in [0.29, 0.717) is 19.3 Å². The molecule has 3 rings (SSSR count). The normalized spacial score (nSPS) is 28.9. The number of carbonyl (C=O) groups is 2. The number of aliphatic carboxylic acids is 1. The minimum Gasteiger partial charge on any atom is -0.497 e. The molecule has 2 saturated heterocycles. The molecule has 5 heteroatoms. The van der Waals surface area contributed by atoms with E-state index in [1.165, 1.54) is 0 Å². The zero-order valence-corrected chi connectivity index (χ0v) is 13.6. The standard InChI is InChI=1S/C18H23NO4/c1-3-18(17(21)22)11-13-6-9-15(18)19(13)16(20)10-12-4-7-14(23-2)8-5-12/h4-5,7-8,13,15H,3,6,9-11H2,1-2H3,(H,21,22)/t13-,15+,18+/m0/s1. The molecular weight excluding hydrogens is 294 g/mol. The Labute approximate surface area is 136 Å². The molecule has 1 aromatic rings. The molecule has 1 N–H and O–H groups in total. The highest BCUT2D eigenvalue weighted by molar-refractivity contribution is 5.84. The molecule has 23 heavy (non-hydrogen) atoms. The van der Waals surface area contributed by atoms with Gasteiger partial charge in [-0.3, -0.25) is 9.59 Å². The number of nitrogens with zero attached hydrogens (tertiary/aromatic N) is 1. The van der Waals surface area contributed by atoms with Gasteiger partial charge in [-0.25, -0.2) is 0 Å². The van der Waals surface area contributed by atoms with Gasteiger partial charge in [0.2, 0.25) is 5.91 Å². The van der Waals surface area contributed by atoms with E-state index in [9.17, 15) is 14.7 Å². The van der Waals surface area contributed by atoms with E-state index in [0.717, 1.165) is 24.2 Å². The Bertz CT molecular complexity index is 612. The van der Waals surface area contributed by atoms with Crippen molar-refractivity contribution in [2.24, 2.45) is 5.41 Å². The molecule has 0 aromatic heterocycles. The first-order chi connectivity index (χ1) is 11.0. The third kappa shape index (κ3) is 2.48. The van der Waals surface area contributed by atoms with E-state index in [2.05, 4.69) is 0 Å². The summed E-state index contributed by atoms with van der Waals surface area (Å²) in [6.45, 7) is 1.92. The van der Waals surface area contributed by atoms with Crippen molar-refractivity contribution >= 4 is 11.9 Å². The number of methoxy groups -OCH3 is 1. The molecule has 0 spiro atoms. The summed E-state index contributed by atoms with van der Waals surface area (Å²) in [7, 11) is 1.61. The van der Waals surface area contributed by atoms with Gasteiger partial charge < -0.3 is 14.7 Å². The number of amides is 1. The Morgan fingerprint density at radius 3 is 2.52 bits per heavy atom. The molecule has 2 heterocycles. The van der Waals surface area contributed by atoms with Gasteiger partial charge in [0, 0.05) is 12.1 Å². The van der Waals surface area contributed by atoms with Crippen molar-refractivity contribution < 1.29 is 19.4 Å². The van der Waals surface area contributed by atoms with Crippen LogP contribution in [0.2, 0.25) is 0 Å². The third-order valence-corrected chi connectivity index (χ3v) is 5.60. The molecule has 124 valence electrons. The van der Waals surface area contributed by atoms with E-state index in [1.807, 2.05) is 36.1 Å². The van der Waals surface area contributed by atoms with Gasteiger partial charge in [0.25, 0.3) is 0 Å². The second-order valence-electron chi connectivity index (χ2n) is 6.59. The Balaban J connectivity index is 1.76. The molecule has 2 fully saturated rings. The summed E-state index contributed by atoms with van der Waals surface area (Å²) in [5, 5.41) is 9.68. The van der Waals surface area contributed by atoms with Crippen molar-refractivity contribution in [3.63, 3.8) is 0 Å². The Morgan fingerprint density at radius 1 is 1.30 bits per heavy atom. The van der Waals surface area contributed by atoms with Crippen molar-refractivity contribution in [2.75, 3.05) is 7.11 Å². The van der Waals surface area contributed by atoms with Gasteiger partial charge in [-0.2, -0.15) is 0 Å². The number of carboxylic acids is 1. The van der Waals surface area contributed by atoms with Crippen LogP contribution in [0.1, 0.15) is 38.2 Å². The first-order valence-corrected chi connectivity index (χ1v) is 8.19. The lowest BCUT2D eigenvalue weighted by Gasteiger charge is -2.32. The molecule has 2 aliphatic rings. The van der Waals surface area contributed by atoms with E-state index in [-0.39, 0.29) is 18.0 Å². The second kappa shape index (κ2) is 5.87. The molecule has 3 atom stereocenters. The van der Waals surface area contributed by atoms with Gasteiger partial charge in [-0.15, -0.1) is 0 Å². The number of rotatable bonds is 5. The molecule has 1 amide bonds. The smallest absolute Gasteiger partial charge is 0.311 e. The third-order valence-electron chi connectivity index (χ3n) is 5.60. The molecule has 1 aromatic carbocycles. The Hall–Kier alpha value is -2.04. The van der Waals surface area contributed by atoms with E-state index < -0.39 is 11.4 Å². The quantitative estimate of drug-likeness (QED) is 0.906. The fraction of sp³-hybridized carbons (Fsp3) is 0.556. The fourth-order valence-electron chi connectivity index (χ4n) is 4.33.